The first-order valence-electron chi connectivity index (χ1n) is 7.22. The molecule has 1 saturated heterocycles. The maximum Gasteiger partial charge on any atom is 0.311 e. The fourth-order valence-corrected chi connectivity index (χ4v) is 2.92. The first kappa shape index (κ1) is 15.7. The summed E-state index contributed by atoms with van der Waals surface area (Å²) < 4.78 is 2.74. The zero-order chi connectivity index (χ0) is 16.6. The minimum atomic E-state index is -0.871. The van der Waals surface area contributed by atoms with E-state index < -0.39 is 11.4 Å². The number of benzene rings is 1. The molecule has 0 radical (unpaired) electrons. The number of aliphatic carboxylic acids is 1. The third kappa shape index (κ3) is 3.01. The van der Waals surface area contributed by atoms with E-state index in [1.54, 1.807) is 28.9 Å². The van der Waals surface area contributed by atoms with Gasteiger partial charge in [0, 0.05) is 29.4 Å². The molecule has 1 aliphatic rings. The van der Waals surface area contributed by atoms with Crippen molar-refractivity contribution >= 4 is 27.8 Å². The summed E-state index contributed by atoms with van der Waals surface area (Å²) in [6, 6.07) is 7.65. The van der Waals surface area contributed by atoms with Gasteiger partial charge in [0.25, 0.3) is 5.91 Å². The number of carboxylic acid groups (broad SMARTS) is 1. The molecule has 1 N–H and O–H groups in total. The highest BCUT2D eigenvalue weighted by Gasteiger charge is 2.42. The van der Waals surface area contributed by atoms with E-state index in [1.807, 2.05) is 24.3 Å². The Bertz CT molecular complexity index is 756. The van der Waals surface area contributed by atoms with Gasteiger partial charge in [-0.2, -0.15) is 0 Å². The minimum Gasteiger partial charge on any atom is -0.481 e. The van der Waals surface area contributed by atoms with Gasteiger partial charge in [0.1, 0.15) is 12.0 Å². The van der Waals surface area contributed by atoms with Crippen molar-refractivity contribution in [2.24, 2.45) is 5.41 Å². The number of carbonyl (C=O) groups is 2. The molecule has 1 amide bonds. The van der Waals surface area contributed by atoms with Crippen LogP contribution in [0.4, 0.5) is 0 Å². The minimum absolute atomic E-state index is 0.215. The molecule has 2 aromatic rings. The van der Waals surface area contributed by atoms with Gasteiger partial charge in [-0.25, -0.2) is 4.98 Å². The average molecular weight is 378 g/mol. The molecule has 7 heteroatoms. The Morgan fingerprint density at radius 3 is 2.61 bits per heavy atom. The average Bonchev–Trinajstić information content (AvgIpc) is 3.15. The van der Waals surface area contributed by atoms with E-state index >= 15 is 0 Å². The van der Waals surface area contributed by atoms with Crippen LogP contribution in [-0.2, 0) is 4.79 Å². The van der Waals surface area contributed by atoms with E-state index in [2.05, 4.69) is 20.9 Å². The molecule has 0 saturated carbocycles. The van der Waals surface area contributed by atoms with Crippen LogP contribution in [0.1, 0.15) is 23.8 Å². The zero-order valence-electron chi connectivity index (χ0n) is 12.6. The highest BCUT2D eigenvalue weighted by Crippen LogP contribution is 2.30. The van der Waals surface area contributed by atoms with Crippen molar-refractivity contribution in [2.75, 3.05) is 13.1 Å². The van der Waals surface area contributed by atoms with E-state index in [-0.39, 0.29) is 12.5 Å². The van der Waals surface area contributed by atoms with Crippen LogP contribution in [-0.4, -0.2) is 44.5 Å². The first-order chi connectivity index (χ1) is 10.9. The van der Waals surface area contributed by atoms with E-state index in [0.29, 0.717) is 18.7 Å². The summed E-state index contributed by atoms with van der Waals surface area (Å²) in [6.45, 7) is 2.32. The van der Waals surface area contributed by atoms with Crippen LogP contribution in [0.15, 0.2) is 41.3 Å². The van der Waals surface area contributed by atoms with Gasteiger partial charge in [0.2, 0.25) is 0 Å². The van der Waals surface area contributed by atoms with Crippen LogP contribution in [0.5, 0.6) is 0 Å². The quantitative estimate of drug-likeness (QED) is 0.891. The summed E-state index contributed by atoms with van der Waals surface area (Å²) in [7, 11) is 0. The van der Waals surface area contributed by atoms with E-state index in [0.717, 1.165) is 10.2 Å². The van der Waals surface area contributed by atoms with Crippen molar-refractivity contribution < 1.29 is 14.7 Å². The molecular formula is C16H16BrN3O3. The SMILES string of the molecule is C[C@@]1(C(=O)O)CCN(C(=O)c2cn(-c3ccc(Br)cc3)cn2)C1. The van der Waals surface area contributed by atoms with Gasteiger partial charge in [0.15, 0.2) is 0 Å². The summed E-state index contributed by atoms with van der Waals surface area (Å²) in [5.41, 5.74) is 0.350. The Hall–Kier alpha value is -2.15. The molecule has 0 spiro atoms. The second-order valence-corrected chi connectivity index (χ2v) is 6.90. The molecule has 23 heavy (non-hydrogen) atoms. The fourth-order valence-electron chi connectivity index (χ4n) is 2.66. The Morgan fingerprint density at radius 1 is 1.30 bits per heavy atom. The summed E-state index contributed by atoms with van der Waals surface area (Å²) in [5.74, 6) is -1.10. The number of hydrogen-bond donors (Lipinski definition) is 1. The van der Waals surface area contributed by atoms with Crippen molar-refractivity contribution in [1.29, 1.82) is 0 Å². The molecule has 0 unspecified atom stereocenters. The van der Waals surface area contributed by atoms with Crippen molar-refractivity contribution in [1.82, 2.24) is 14.5 Å². The molecule has 1 aromatic heterocycles. The zero-order valence-corrected chi connectivity index (χ0v) is 14.2. The highest BCUT2D eigenvalue weighted by molar-refractivity contribution is 9.10. The van der Waals surface area contributed by atoms with E-state index in [9.17, 15) is 14.7 Å². The molecule has 6 nitrogen and oxygen atoms in total. The first-order valence-corrected chi connectivity index (χ1v) is 8.01. The lowest BCUT2D eigenvalue weighted by Gasteiger charge is -2.19. The monoisotopic (exact) mass is 377 g/mol. The van der Waals surface area contributed by atoms with Crippen molar-refractivity contribution in [3.8, 4) is 5.69 Å². The fraction of sp³-hybridized carbons (Fsp3) is 0.312. The molecule has 0 aliphatic carbocycles. The standard InChI is InChI=1S/C16H16BrN3O3/c1-16(15(22)23)6-7-19(9-16)14(21)13-8-20(10-18-13)12-4-2-11(17)3-5-12/h2-5,8,10H,6-7,9H2,1H3,(H,22,23)/t16-/m1/s1. The topological polar surface area (TPSA) is 75.4 Å². The Kier molecular flexibility index (Phi) is 3.97. The molecule has 1 fully saturated rings. The van der Waals surface area contributed by atoms with Gasteiger partial charge >= 0.3 is 5.97 Å². The van der Waals surface area contributed by atoms with E-state index in [1.165, 1.54) is 0 Å². The maximum atomic E-state index is 12.5. The van der Waals surface area contributed by atoms with Crippen LogP contribution < -0.4 is 0 Å². The maximum absolute atomic E-state index is 12.5. The molecule has 3 rings (SSSR count). The predicted octanol–water partition coefficient (Wildman–Crippen LogP) is 2.57. The Labute approximate surface area is 141 Å². The second-order valence-electron chi connectivity index (χ2n) is 5.99. The number of likely N-dealkylation sites (tertiary alicyclic amines) is 1. The lowest BCUT2D eigenvalue weighted by Crippen LogP contribution is -2.35. The van der Waals surface area contributed by atoms with Gasteiger partial charge in [-0.05, 0) is 37.6 Å². The third-order valence-electron chi connectivity index (χ3n) is 4.20. The summed E-state index contributed by atoms with van der Waals surface area (Å²) in [5, 5.41) is 9.26. The molecule has 0 bridgehead atoms. The van der Waals surface area contributed by atoms with Gasteiger partial charge in [-0.3, -0.25) is 9.59 Å². The number of carboxylic acids is 1. The number of amides is 1. The molecule has 2 heterocycles. The van der Waals surface area contributed by atoms with Crippen molar-refractivity contribution in [3.63, 3.8) is 0 Å². The van der Waals surface area contributed by atoms with Crippen molar-refractivity contribution in [2.45, 2.75) is 13.3 Å². The molecular weight excluding hydrogens is 362 g/mol. The predicted molar refractivity (Wildman–Crippen MR) is 87.5 cm³/mol. The van der Waals surface area contributed by atoms with Crippen molar-refractivity contribution in [3.05, 3.63) is 47.0 Å². The van der Waals surface area contributed by atoms with Crippen LogP contribution in [0, 0.1) is 5.41 Å². The highest BCUT2D eigenvalue weighted by atomic mass is 79.9. The van der Waals surface area contributed by atoms with E-state index in [4.69, 9.17) is 0 Å². The lowest BCUT2D eigenvalue weighted by atomic mass is 9.90. The largest absolute Gasteiger partial charge is 0.481 e. The Balaban J connectivity index is 1.77. The number of carbonyl (C=O) groups excluding carboxylic acids is 1. The molecule has 120 valence electrons. The van der Waals surface area contributed by atoms with Gasteiger partial charge in [-0.15, -0.1) is 0 Å². The third-order valence-corrected chi connectivity index (χ3v) is 4.73. The molecule has 1 atom stereocenters. The number of imidazole rings is 1. The summed E-state index contributed by atoms with van der Waals surface area (Å²) in [4.78, 5) is 29.5. The van der Waals surface area contributed by atoms with Gasteiger partial charge in [-0.1, -0.05) is 15.9 Å². The normalized spacial score (nSPS) is 20.7. The second kappa shape index (κ2) is 5.81. The lowest BCUT2D eigenvalue weighted by molar-refractivity contribution is -0.147. The van der Waals surface area contributed by atoms with Gasteiger partial charge in [0.05, 0.1) is 5.41 Å². The number of nitrogens with zero attached hydrogens (tertiary/aromatic N) is 3. The van der Waals surface area contributed by atoms with Crippen LogP contribution in [0.3, 0.4) is 0 Å². The Morgan fingerprint density at radius 2 is 2.00 bits per heavy atom. The number of rotatable bonds is 3. The molecule has 1 aromatic carbocycles. The van der Waals surface area contributed by atoms with Crippen LogP contribution in [0.25, 0.3) is 5.69 Å². The van der Waals surface area contributed by atoms with Crippen LogP contribution in [0.2, 0.25) is 0 Å². The smallest absolute Gasteiger partial charge is 0.311 e. The van der Waals surface area contributed by atoms with Crippen LogP contribution >= 0.6 is 15.9 Å². The number of halogens is 1. The number of hydrogen-bond acceptors (Lipinski definition) is 3. The van der Waals surface area contributed by atoms with Gasteiger partial charge < -0.3 is 14.6 Å². The summed E-state index contributed by atoms with van der Waals surface area (Å²) >= 11 is 3.38. The summed E-state index contributed by atoms with van der Waals surface area (Å²) in [6.07, 6.45) is 3.71. The molecule has 1 aliphatic heterocycles. The number of aromatic nitrogens is 2.